The molecule has 0 spiro atoms. The number of hydrogen-bond acceptors (Lipinski definition) is 3. The normalized spacial score (nSPS) is 22.2. The summed E-state index contributed by atoms with van der Waals surface area (Å²) < 4.78 is 26.9. The Balaban J connectivity index is 2.19. The lowest BCUT2D eigenvalue weighted by Crippen LogP contribution is -2.34. The molecule has 0 aliphatic heterocycles. The van der Waals surface area contributed by atoms with E-state index in [0.29, 0.717) is 13.0 Å². The van der Waals surface area contributed by atoms with E-state index in [9.17, 15) is 8.42 Å². The molecule has 19 heavy (non-hydrogen) atoms. The van der Waals surface area contributed by atoms with Gasteiger partial charge in [0.25, 0.3) is 0 Å². The molecular weight excluding hydrogens is 328 g/mol. The Bertz CT molecular complexity index is 609. The Morgan fingerprint density at radius 3 is 2.74 bits per heavy atom. The van der Waals surface area contributed by atoms with Crippen LogP contribution < -0.4 is 0 Å². The SMILES string of the molecule is CCN(CC#N)S(=O)(=O)C1CC1c1ccccc1Br. The molecule has 102 valence electrons. The fourth-order valence-corrected chi connectivity index (χ4v) is 4.83. The molecule has 1 aliphatic rings. The highest BCUT2D eigenvalue weighted by Crippen LogP contribution is 2.48. The molecule has 1 aliphatic carbocycles. The van der Waals surface area contributed by atoms with E-state index in [0.717, 1.165) is 10.0 Å². The number of halogens is 1. The molecule has 0 radical (unpaired) electrons. The van der Waals surface area contributed by atoms with E-state index in [1.807, 2.05) is 30.3 Å². The summed E-state index contributed by atoms with van der Waals surface area (Å²) in [4.78, 5) is 0. The number of nitriles is 1. The lowest BCUT2D eigenvalue weighted by molar-refractivity contribution is 0.461. The third-order valence-corrected chi connectivity index (χ3v) is 6.49. The first kappa shape index (κ1) is 14.5. The zero-order chi connectivity index (χ0) is 14.0. The molecule has 0 saturated heterocycles. The molecule has 2 unspecified atom stereocenters. The van der Waals surface area contributed by atoms with Crippen molar-refractivity contribution >= 4 is 26.0 Å². The van der Waals surface area contributed by atoms with Crippen molar-refractivity contribution in [3.05, 3.63) is 34.3 Å². The maximum Gasteiger partial charge on any atom is 0.218 e. The molecule has 2 atom stereocenters. The molecule has 0 amide bonds. The molecule has 0 heterocycles. The number of rotatable bonds is 5. The van der Waals surface area contributed by atoms with E-state index < -0.39 is 10.0 Å². The zero-order valence-electron chi connectivity index (χ0n) is 10.6. The second-order valence-corrected chi connectivity index (χ2v) is 7.54. The van der Waals surface area contributed by atoms with Gasteiger partial charge in [0.2, 0.25) is 10.0 Å². The van der Waals surface area contributed by atoms with Gasteiger partial charge in [-0.1, -0.05) is 41.1 Å². The maximum atomic E-state index is 12.4. The van der Waals surface area contributed by atoms with E-state index in [4.69, 9.17) is 5.26 Å². The van der Waals surface area contributed by atoms with Crippen molar-refractivity contribution in [2.45, 2.75) is 24.5 Å². The van der Waals surface area contributed by atoms with Crippen molar-refractivity contribution in [1.29, 1.82) is 5.26 Å². The smallest absolute Gasteiger partial charge is 0.212 e. The van der Waals surface area contributed by atoms with Crippen LogP contribution in [0.1, 0.15) is 24.8 Å². The second-order valence-electron chi connectivity index (χ2n) is 4.53. The number of sulfonamides is 1. The molecule has 4 nitrogen and oxygen atoms in total. The van der Waals surface area contributed by atoms with Crippen molar-refractivity contribution < 1.29 is 8.42 Å². The van der Waals surface area contributed by atoms with Crippen LogP contribution in [0.15, 0.2) is 28.7 Å². The summed E-state index contributed by atoms with van der Waals surface area (Å²) in [7, 11) is -3.36. The summed E-state index contributed by atoms with van der Waals surface area (Å²) in [6.07, 6.45) is 0.632. The van der Waals surface area contributed by atoms with Crippen LogP contribution in [0.25, 0.3) is 0 Å². The van der Waals surface area contributed by atoms with E-state index in [-0.39, 0.29) is 17.7 Å². The Kier molecular flexibility index (Phi) is 4.29. The standard InChI is InChI=1S/C13H15BrN2O2S/c1-2-16(8-7-15)19(17,18)13-9-11(13)10-5-3-4-6-12(10)14/h3-6,11,13H,2,8-9H2,1H3. The summed E-state index contributed by atoms with van der Waals surface area (Å²) >= 11 is 3.46. The van der Waals surface area contributed by atoms with Crippen LogP contribution in [-0.2, 0) is 10.0 Å². The van der Waals surface area contributed by atoms with Gasteiger partial charge in [0.15, 0.2) is 0 Å². The van der Waals surface area contributed by atoms with Gasteiger partial charge in [-0.05, 0) is 18.1 Å². The summed E-state index contributed by atoms with van der Waals surface area (Å²) in [6, 6.07) is 9.60. The van der Waals surface area contributed by atoms with E-state index in [1.165, 1.54) is 4.31 Å². The van der Waals surface area contributed by atoms with E-state index in [1.54, 1.807) is 6.92 Å². The molecule has 6 heteroatoms. The van der Waals surface area contributed by atoms with Crippen LogP contribution in [0.5, 0.6) is 0 Å². The molecular formula is C13H15BrN2O2S. The lowest BCUT2D eigenvalue weighted by atomic mass is 10.1. The van der Waals surface area contributed by atoms with Gasteiger partial charge in [0, 0.05) is 16.9 Å². The van der Waals surface area contributed by atoms with Crippen LogP contribution >= 0.6 is 15.9 Å². The summed E-state index contributed by atoms with van der Waals surface area (Å²) in [5.74, 6) is 0.0355. The number of benzene rings is 1. The van der Waals surface area contributed by atoms with Crippen molar-refractivity contribution in [3.8, 4) is 6.07 Å². The van der Waals surface area contributed by atoms with Crippen LogP contribution in [0.4, 0.5) is 0 Å². The van der Waals surface area contributed by atoms with E-state index in [2.05, 4.69) is 15.9 Å². The third kappa shape index (κ3) is 2.83. The quantitative estimate of drug-likeness (QED) is 0.772. The van der Waals surface area contributed by atoms with E-state index >= 15 is 0 Å². The highest BCUT2D eigenvalue weighted by Gasteiger charge is 2.50. The minimum Gasteiger partial charge on any atom is -0.212 e. The molecule has 1 aromatic carbocycles. The predicted octanol–water partition coefficient (Wildman–Crippen LogP) is 2.48. The first-order valence-corrected chi connectivity index (χ1v) is 8.42. The minimum absolute atomic E-state index is 0.0355. The molecule has 0 aromatic heterocycles. The molecule has 1 aromatic rings. The van der Waals surface area contributed by atoms with Gasteiger partial charge < -0.3 is 0 Å². The van der Waals surface area contributed by atoms with Gasteiger partial charge in [0.05, 0.1) is 11.3 Å². The Hall–Kier alpha value is -0.900. The van der Waals surface area contributed by atoms with Gasteiger partial charge in [0.1, 0.15) is 6.54 Å². The molecule has 0 N–H and O–H groups in total. The fraction of sp³-hybridized carbons (Fsp3) is 0.462. The number of nitrogens with zero attached hydrogens (tertiary/aromatic N) is 2. The molecule has 1 saturated carbocycles. The Labute approximate surface area is 122 Å². The third-order valence-electron chi connectivity index (χ3n) is 3.38. The predicted molar refractivity (Wildman–Crippen MR) is 77.1 cm³/mol. The van der Waals surface area contributed by atoms with Crippen LogP contribution in [-0.4, -0.2) is 31.1 Å². The molecule has 1 fully saturated rings. The molecule has 2 rings (SSSR count). The minimum atomic E-state index is -3.36. The average Bonchev–Trinajstić information content (AvgIpc) is 3.17. The fourth-order valence-electron chi connectivity index (χ4n) is 2.26. The first-order chi connectivity index (χ1) is 9.02. The number of hydrogen-bond donors (Lipinski definition) is 0. The second kappa shape index (κ2) is 5.61. The van der Waals surface area contributed by atoms with Gasteiger partial charge in [-0.15, -0.1) is 0 Å². The summed E-state index contributed by atoms with van der Waals surface area (Å²) in [6.45, 7) is 2.03. The topological polar surface area (TPSA) is 61.2 Å². The maximum absolute atomic E-state index is 12.4. The largest absolute Gasteiger partial charge is 0.218 e. The van der Waals surface area contributed by atoms with Gasteiger partial charge in [-0.3, -0.25) is 0 Å². The van der Waals surface area contributed by atoms with Crippen molar-refractivity contribution in [1.82, 2.24) is 4.31 Å². The average molecular weight is 343 g/mol. The van der Waals surface area contributed by atoms with Gasteiger partial charge >= 0.3 is 0 Å². The van der Waals surface area contributed by atoms with Crippen molar-refractivity contribution in [3.63, 3.8) is 0 Å². The molecule has 0 bridgehead atoms. The Morgan fingerprint density at radius 2 is 2.16 bits per heavy atom. The van der Waals surface area contributed by atoms with Gasteiger partial charge in [-0.25, -0.2) is 8.42 Å². The first-order valence-electron chi connectivity index (χ1n) is 6.12. The van der Waals surface area contributed by atoms with Crippen LogP contribution in [0, 0.1) is 11.3 Å². The summed E-state index contributed by atoms with van der Waals surface area (Å²) in [5.41, 5.74) is 1.03. The Morgan fingerprint density at radius 1 is 1.47 bits per heavy atom. The summed E-state index contributed by atoms with van der Waals surface area (Å²) in [5, 5.41) is 8.31. The zero-order valence-corrected chi connectivity index (χ0v) is 13.0. The highest BCUT2D eigenvalue weighted by molar-refractivity contribution is 9.10. The highest BCUT2D eigenvalue weighted by atomic mass is 79.9. The van der Waals surface area contributed by atoms with Crippen molar-refractivity contribution in [2.24, 2.45) is 0 Å². The van der Waals surface area contributed by atoms with Crippen LogP contribution in [0.3, 0.4) is 0 Å². The van der Waals surface area contributed by atoms with Crippen LogP contribution in [0.2, 0.25) is 0 Å². The van der Waals surface area contributed by atoms with Crippen molar-refractivity contribution in [2.75, 3.05) is 13.1 Å². The lowest BCUT2D eigenvalue weighted by Gasteiger charge is -2.17. The monoisotopic (exact) mass is 342 g/mol. The van der Waals surface area contributed by atoms with Gasteiger partial charge in [-0.2, -0.15) is 9.57 Å².